The minimum Gasteiger partial charge on any atom is -0.350 e. The Labute approximate surface area is 129 Å². The lowest BCUT2D eigenvalue weighted by Crippen LogP contribution is -2.43. The van der Waals surface area contributed by atoms with Gasteiger partial charge in [-0.15, -0.1) is 0 Å². The first-order valence-electron chi connectivity index (χ1n) is 7.68. The van der Waals surface area contributed by atoms with Crippen LogP contribution in [0.3, 0.4) is 0 Å². The zero-order valence-corrected chi connectivity index (χ0v) is 12.4. The molecule has 118 valence electrons. The second kappa shape index (κ2) is 7.03. The number of benzene rings is 1. The third-order valence-corrected chi connectivity index (χ3v) is 4.07. The second-order valence-electron chi connectivity index (χ2n) is 5.68. The van der Waals surface area contributed by atoms with Crippen LogP contribution >= 0.6 is 0 Å². The van der Waals surface area contributed by atoms with E-state index in [-0.39, 0.29) is 23.9 Å². The highest BCUT2D eigenvalue weighted by atomic mass is 19.1. The summed E-state index contributed by atoms with van der Waals surface area (Å²) in [5, 5.41) is 0. The largest absolute Gasteiger partial charge is 0.350 e. The molecule has 1 amide bonds. The number of piperidine rings is 1. The summed E-state index contributed by atoms with van der Waals surface area (Å²) in [6, 6.07) is 6.19. The van der Waals surface area contributed by atoms with Crippen molar-refractivity contribution in [3.05, 3.63) is 41.7 Å². The van der Waals surface area contributed by atoms with Crippen LogP contribution in [0.5, 0.6) is 0 Å². The van der Waals surface area contributed by atoms with Gasteiger partial charge in [0, 0.05) is 25.1 Å². The quantitative estimate of drug-likeness (QED) is 0.805. The van der Waals surface area contributed by atoms with E-state index >= 15 is 0 Å². The third-order valence-electron chi connectivity index (χ3n) is 4.07. The van der Waals surface area contributed by atoms with Gasteiger partial charge in [0.2, 0.25) is 5.91 Å². The standard InChI is InChI=1S/C17H20FNO3/c18-15-5-1-3-13(11-15)6-7-16(20)19-8-2-4-14(12-19)17-21-9-10-22-17/h1,3,5-7,11,14,17H,2,4,8-10,12H2/b7-6+. The Morgan fingerprint density at radius 2 is 2.14 bits per heavy atom. The number of nitrogens with zero attached hydrogens (tertiary/aromatic N) is 1. The van der Waals surface area contributed by atoms with Gasteiger partial charge >= 0.3 is 0 Å². The lowest BCUT2D eigenvalue weighted by atomic mass is 9.97. The molecule has 2 fully saturated rings. The average molecular weight is 305 g/mol. The van der Waals surface area contributed by atoms with E-state index in [0.717, 1.165) is 19.4 Å². The summed E-state index contributed by atoms with van der Waals surface area (Å²) in [6.45, 7) is 2.66. The molecule has 2 aliphatic rings. The smallest absolute Gasteiger partial charge is 0.246 e. The van der Waals surface area contributed by atoms with Crippen molar-refractivity contribution in [2.24, 2.45) is 5.92 Å². The summed E-state index contributed by atoms with van der Waals surface area (Å²) in [6.07, 6.45) is 4.95. The zero-order valence-electron chi connectivity index (χ0n) is 12.4. The number of carbonyl (C=O) groups is 1. The summed E-state index contributed by atoms with van der Waals surface area (Å²) < 4.78 is 24.2. The number of hydrogen-bond acceptors (Lipinski definition) is 3. The Hall–Kier alpha value is -1.72. The highest BCUT2D eigenvalue weighted by Crippen LogP contribution is 2.25. The maximum Gasteiger partial charge on any atom is 0.246 e. The van der Waals surface area contributed by atoms with Crippen molar-refractivity contribution in [3.63, 3.8) is 0 Å². The summed E-state index contributed by atoms with van der Waals surface area (Å²) >= 11 is 0. The summed E-state index contributed by atoms with van der Waals surface area (Å²) in [5.74, 6) is -0.113. The van der Waals surface area contributed by atoms with E-state index in [1.807, 2.05) is 4.90 Å². The molecule has 0 aromatic heterocycles. The van der Waals surface area contributed by atoms with Crippen molar-refractivity contribution >= 4 is 12.0 Å². The van der Waals surface area contributed by atoms with Crippen molar-refractivity contribution in [1.29, 1.82) is 0 Å². The molecule has 0 N–H and O–H groups in total. The zero-order chi connectivity index (χ0) is 15.4. The van der Waals surface area contributed by atoms with Crippen LogP contribution in [0.1, 0.15) is 18.4 Å². The molecule has 0 saturated carbocycles. The van der Waals surface area contributed by atoms with Gasteiger partial charge in [-0.3, -0.25) is 4.79 Å². The van der Waals surface area contributed by atoms with E-state index < -0.39 is 0 Å². The predicted molar refractivity (Wildman–Crippen MR) is 80.4 cm³/mol. The molecule has 2 heterocycles. The van der Waals surface area contributed by atoms with Crippen LogP contribution in [0.2, 0.25) is 0 Å². The van der Waals surface area contributed by atoms with Crippen LogP contribution in [0.15, 0.2) is 30.3 Å². The fraction of sp³-hybridized carbons (Fsp3) is 0.471. The number of likely N-dealkylation sites (tertiary alicyclic amines) is 1. The molecule has 3 rings (SSSR count). The first-order chi connectivity index (χ1) is 10.7. The van der Waals surface area contributed by atoms with Gasteiger partial charge in [0.1, 0.15) is 5.82 Å². The number of rotatable bonds is 3. The van der Waals surface area contributed by atoms with E-state index in [0.29, 0.717) is 25.3 Å². The Morgan fingerprint density at radius 1 is 1.32 bits per heavy atom. The van der Waals surface area contributed by atoms with Crippen molar-refractivity contribution in [3.8, 4) is 0 Å². The van der Waals surface area contributed by atoms with Crippen molar-refractivity contribution in [2.75, 3.05) is 26.3 Å². The SMILES string of the molecule is O=C(/C=C/c1cccc(F)c1)N1CCCC(C2OCCO2)C1. The third kappa shape index (κ3) is 3.72. The summed E-state index contributed by atoms with van der Waals surface area (Å²) in [7, 11) is 0. The van der Waals surface area contributed by atoms with Crippen LogP contribution in [-0.4, -0.2) is 43.4 Å². The lowest BCUT2D eigenvalue weighted by Gasteiger charge is -2.34. The summed E-state index contributed by atoms with van der Waals surface area (Å²) in [5.41, 5.74) is 0.685. The number of halogens is 1. The van der Waals surface area contributed by atoms with Crippen molar-refractivity contribution in [1.82, 2.24) is 4.90 Å². The minimum absolute atomic E-state index is 0.0491. The molecule has 5 heteroatoms. The lowest BCUT2D eigenvalue weighted by molar-refractivity contribution is -0.134. The molecule has 1 atom stereocenters. The first kappa shape index (κ1) is 15.2. The molecule has 2 saturated heterocycles. The molecular formula is C17H20FNO3. The van der Waals surface area contributed by atoms with Crippen LogP contribution in [0.25, 0.3) is 6.08 Å². The Morgan fingerprint density at radius 3 is 2.91 bits per heavy atom. The molecule has 0 aliphatic carbocycles. The molecule has 0 bridgehead atoms. The number of amides is 1. The van der Waals surface area contributed by atoms with Crippen molar-refractivity contribution in [2.45, 2.75) is 19.1 Å². The van der Waals surface area contributed by atoms with Crippen LogP contribution in [0.4, 0.5) is 4.39 Å². The molecule has 0 spiro atoms. The van der Waals surface area contributed by atoms with Crippen LogP contribution in [0, 0.1) is 11.7 Å². The molecule has 1 aromatic rings. The predicted octanol–water partition coefficient (Wildman–Crippen LogP) is 2.45. The van der Waals surface area contributed by atoms with Crippen LogP contribution < -0.4 is 0 Å². The maximum absolute atomic E-state index is 13.1. The van der Waals surface area contributed by atoms with Gasteiger partial charge in [-0.2, -0.15) is 0 Å². The molecule has 1 unspecified atom stereocenters. The molecule has 0 radical (unpaired) electrons. The Balaban J connectivity index is 1.59. The van der Waals surface area contributed by atoms with Crippen molar-refractivity contribution < 1.29 is 18.7 Å². The fourth-order valence-electron chi connectivity index (χ4n) is 2.96. The van der Waals surface area contributed by atoms with Gasteiger partial charge < -0.3 is 14.4 Å². The minimum atomic E-state index is -0.303. The maximum atomic E-state index is 13.1. The molecule has 1 aromatic carbocycles. The van der Waals surface area contributed by atoms with Crippen LogP contribution in [-0.2, 0) is 14.3 Å². The molecule has 22 heavy (non-hydrogen) atoms. The van der Waals surface area contributed by atoms with Gasteiger partial charge in [0.15, 0.2) is 6.29 Å². The van der Waals surface area contributed by atoms with E-state index in [2.05, 4.69) is 0 Å². The van der Waals surface area contributed by atoms with E-state index in [4.69, 9.17) is 9.47 Å². The topological polar surface area (TPSA) is 38.8 Å². The number of carbonyl (C=O) groups excluding carboxylic acids is 1. The fourth-order valence-corrected chi connectivity index (χ4v) is 2.96. The normalized spacial score (nSPS) is 23.3. The average Bonchev–Trinajstić information content (AvgIpc) is 3.07. The van der Waals surface area contributed by atoms with E-state index in [9.17, 15) is 9.18 Å². The van der Waals surface area contributed by atoms with E-state index in [1.54, 1.807) is 18.2 Å². The second-order valence-corrected chi connectivity index (χ2v) is 5.68. The molecular weight excluding hydrogens is 285 g/mol. The number of hydrogen-bond donors (Lipinski definition) is 0. The van der Waals surface area contributed by atoms with Gasteiger partial charge in [-0.05, 0) is 36.6 Å². The first-order valence-corrected chi connectivity index (χ1v) is 7.68. The van der Waals surface area contributed by atoms with Gasteiger partial charge in [0.05, 0.1) is 13.2 Å². The monoisotopic (exact) mass is 305 g/mol. The summed E-state index contributed by atoms with van der Waals surface area (Å²) in [4.78, 5) is 14.1. The molecule has 4 nitrogen and oxygen atoms in total. The van der Waals surface area contributed by atoms with Gasteiger partial charge in [-0.1, -0.05) is 12.1 Å². The molecule has 2 aliphatic heterocycles. The van der Waals surface area contributed by atoms with Gasteiger partial charge in [0.25, 0.3) is 0 Å². The Bertz CT molecular complexity index is 555. The number of ether oxygens (including phenoxy) is 2. The van der Waals surface area contributed by atoms with E-state index in [1.165, 1.54) is 18.2 Å². The highest BCUT2D eigenvalue weighted by Gasteiger charge is 2.32. The highest BCUT2D eigenvalue weighted by molar-refractivity contribution is 5.91. The van der Waals surface area contributed by atoms with Gasteiger partial charge in [-0.25, -0.2) is 4.39 Å². The Kier molecular flexibility index (Phi) is 4.85.